The summed E-state index contributed by atoms with van der Waals surface area (Å²) >= 11 is 5.71. The van der Waals surface area contributed by atoms with Gasteiger partial charge in [0.05, 0.1) is 5.02 Å². The molecule has 1 atom stereocenters. The van der Waals surface area contributed by atoms with Crippen molar-refractivity contribution in [1.82, 2.24) is 0 Å². The Hall–Kier alpha value is -0.760. The van der Waals surface area contributed by atoms with Crippen LogP contribution in [0.4, 0.5) is 10.1 Å². The quantitative estimate of drug-likeness (QED) is 0.704. The van der Waals surface area contributed by atoms with Gasteiger partial charge in [0.2, 0.25) is 0 Å². The van der Waals surface area contributed by atoms with Crippen LogP contribution >= 0.6 is 11.6 Å². The van der Waals surface area contributed by atoms with E-state index < -0.39 is 0 Å². The van der Waals surface area contributed by atoms with E-state index in [0.717, 1.165) is 12.1 Å². The lowest BCUT2D eigenvalue weighted by atomic mass is 10.1. The number of hydrogen-bond acceptors (Lipinski definition) is 1. The first kappa shape index (κ1) is 13.3. The molecule has 0 aliphatic heterocycles. The van der Waals surface area contributed by atoms with E-state index in [1.165, 1.54) is 25.3 Å². The summed E-state index contributed by atoms with van der Waals surface area (Å²) in [6, 6.07) is 5.14. The maximum atomic E-state index is 12.9. The molecule has 16 heavy (non-hydrogen) atoms. The summed E-state index contributed by atoms with van der Waals surface area (Å²) in [5.41, 5.74) is 0.885. The van der Waals surface area contributed by atoms with Gasteiger partial charge >= 0.3 is 0 Å². The van der Waals surface area contributed by atoms with Crippen LogP contribution in [-0.2, 0) is 0 Å². The Morgan fingerprint density at radius 2 is 2.12 bits per heavy atom. The van der Waals surface area contributed by atoms with Gasteiger partial charge in [0.1, 0.15) is 5.82 Å². The molecule has 1 rings (SSSR count). The molecule has 0 radical (unpaired) electrons. The zero-order chi connectivity index (χ0) is 12.0. The molecule has 0 saturated carbocycles. The highest BCUT2D eigenvalue weighted by Gasteiger charge is 2.04. The van der Waals surface area contributed by atoms with Crippen LogP contribution in [0.3, 0.4) is 0 Å². The SMILES string of the molecule is CCCCCC(C)Nc1ccc(F)c(Cl)c1. The van der Waals surface area contributed by atoms with Gasteiger partial charge in [0, 0.05) is 11.7 Å². The first-order valence-electron chi connectivity index (χ1n) is 5.85. The summed E-state index contributed by atoms with van der Waals surface area (Å²) < 4.78 is 12.9. The van der Waals surface area contributed by atoms with Crippen LogP contribution < -0.4 is 5.32 Å². The Labute approximate surface area is 102 Å². The fraction of sp³-hybridized carbons (Fsp3) is 0.538. The maximum Gasteiger partial charge on any atom is 0.141 e. The Balaban J connectivity index is 2.43. The molecule has 1 nitrogen and oxygen atoms in total. The Morgan fingerprint density at radius 3 is 2.75 bits per heavy atom. The van der Waals surface area contributed by atoms with Crippen molar-refractivity contribution in [2.75, 3.05) is 5.32 Å². The van der Waals surface area contributed by atoms with E-state index >= 15 is 0 Å². The van der Waals surface area contributed by atoms with Gasteiger partial charge in [0.15, 0.2) is 0 Å². The summed E-state index contributed by atoms with van der Waals surface area (Å²) in [6.07, 6.45) is 4.84. The van der Waals surface area contributed by atoms with Crippen LogP contribution in [0.1, 0.15) is 39.5 Å². The van der Waals surface area contributed by atoms with Crippen LogP contribution in [0.15, 0.2) is 18.2 Å². The normalized spacial score (nSPS) is 12.5. The van der Waals surface area contributed by atoms with Gasteiger partial charge in [-0.15, -0.1) is 0 Å². The van der Waals surface area contributed by atoms with Crippen LogP contribution in [-0.4, -0.2) is 6.04 Å². The van der Waals surface area contributed by atoms with E-state index in [1.807, 2.05) is 0 Å². The van der Waals surface area contributed by atoms with Gasteiger partial charge in [-0.05, 0) is 31.5 Å². The molecule has 1 unspecified atom stereocenters. The van der Waals surface area contributed by atoms with E-state index in [2.05, 4.69) is 19.2 Å². The lowest BCUT2D eigenvalue weighted by molar-refractivity contribution is 0.613. The smallest absolute Gasteiger partial charge is 0.141 e. The molecule has 0 heterocycles. The number of nitrogens with one attached hydrogen (secondary N) is 1. The van der Waals surface area contributed by atoms with Crippen molar-refractivity contribution in [2.24, 2.45) is 0 Å². The minimum atomic E-state index is -0.370. The van der Waals surface area contributed by atoms with Crippen molar-refractivity contribution in [3.8, 4) is 0 Å². The second-order valence-electron chi connectivity index (χ2n) is 4.17. The highest BCUT2D eigenvalue weighted by atomic mass is 35.5. The summed E-state index contributed by atoms with van der Waals surface area (Å²) in [5.74, 6) is -0.370. The molecule has 0 amide bonds. The highest BCUT2D eigenvalue weighted by molar-refractivity contribution is 6.31. The molecule has 1 N–H and O–H groups in total. The first-order valence-corrected chi connectivity index (χ1v) is 6.23. The topological polar surface area (TPSA) is 12.0 Å². The van der Waals surface area contributed by atoms with Crippen LogP contribution in [0, 0.1) is 5.82 Å². The van der Waals surface area contributed by atoms with Crippen molar-refractivity contribution >= 4 is 17.3 Å². The van der Waals surface area contributed by atoms with Crippen molar-refractivity contribution in [3.63, 3.8) is 0 Å². The summed E-state index contributed by atoms with van der Waals surface area (Å²) in [5, 5.41) is 3.49. The van der Waals surface area contributed by atoms with Crippen molar-refractivity contribution in [3.05, 3.63) is 29.0 Å². The number of benzene rings is 1. The Kier molecular flexibility index (Phi) is 5.61. The van der Waals surface area contributed by atoms with Gasteiger partial charge in [-0.25, -0.2) is 4.39 Å². The van der Waals surface area contributed by atoms with Crippen LogP contribution in [0.5, 0.6) is 0 Å². The Bertz CT molecular complexity index is 328. The predicted octanol–water partition coefficient (Wildman–Crippen LogP) is 4.86. The zero-order valence-corrected chi connectivity index (χ0v) is 10.6. The van der Waals surface area contributed by atoms with Crippen LogP contribution in [0.2, 0.25) is 5.02 Å². The molecular weight excluding hydrogens is 225 g/mol. The van der Waals surface area contributed by atoms with Gasteiger partial charge < -0.3 is 5.32 Å². The number of halogens is 2. The molecule has 0 bridgehead atoms. The number of hydrogen-bond donors (Lipinski definition) is 1. The molecular formula is C13H19ClFN. The van der Waals surface area contributed by atoms with E-state index in [-0.39, 0.29) is 10.8 Å². The van der Waals surface area contributed by atoms with E-state index in [0.29, 0.717) is 6.04 Å². The molecule has 1 aromatic rings. The average Bonchev–Trinajstić information content (AvgIpc) is 2.24. The lowest BCUT2D eigenvalue weighted by Gasteiger charge is -2.15. The molecule has 0 spiro atoms. The summed E-state index contributed by atoms with van der Waals surface area (Å²) in [7, 11) is 0. The lowest BCUT2D eigenvalue weighted by Crippen LogP contribution is -2.14. The van der Waals surface area contributed by atoms with Gasteiger partial charge in [-0.3, -0.25) is 0 Å². The van der Waals surface area contributed by atoms with Crippen molar-refractivity contribution in [2.45, 2.75) is 45.6 Å². The van der Waals surface area contributed by atoms with Gasteiger partial charge in [-0.2, -0.15) is 0 Å². The molecule has 0 aliphatic rings. The van der Waals surface area contributed by atoms with E-state index in [1.54, 1.807) is 12.1 Å². The second-order valence-corrected chi connectivity index (χ2v) is 4.58. The van der Waals surface area contributed by atoms with Gasteiger partial charge in [0.25, 0.3) is 0 Å². The molecule has 0 fully saturated rings. The fourth-order valence-corrected chi connectivity index (χ4v) is 1.82. The second kappa shape index (κ2) is 6.74. The molecule has 1 aromatic carbocycles. The summed E-state index contributed by atoms with van der Waals surface area (Å²) in [4.78, 5) is 0. The maximum absolute atomic E-state index is 12.9. The molecule has 0 saturated heterocycles. The van der Waals surface area contributed by atoms with E-state index in [9.17, 15) is 4.39 Å². The Morgan fingerprint density at radius 1 is 1.38 bits per heavy atom. The third kappa shape index (κ3) is 4.40. The molecule has 0 aliphatic carbocycles. The third-order valence-corrected chi connectivity index (χ3v) is 2.86. The number of anilines is 1. The molecule has 90 valence electrons. The number of unbranched alkanes of at least 4 members (excludes halogenated alkanes) is 2. The average molecular weight is 244 g/mol. The van der Waals surface area contributed by atoms with Gasteiger partial charge in [-0.1, -0.05) is 37.8 Å². The van der Waals surface area contributed by atoms with E-state index in [4.69, 9.17) is 11.6 Å². The van der Waals surface area contributed by atoms with Crippen molar-refractivity contribution < 1.29 is 4.39 Å². The minimum Gasteiger partial charge on any atom is -0.383 e. The zero-order valence-electron chi connectivity index (χ0n) is 9.89. The minimum absolute atomic E-state index is 0.172. The monoisotopic (exact) mass is 243 g/mol. The fourth-order valence-electron chi connectivity index (χ4n) is 1.64. The molecule has 3 heteroatoms. The first-order chi connectivity index (χ1) is 7.63. The highest BCUT2D eigenvalue weighted by Crippen LogP contribution is 2.20. The van der Waals surface area contributed by atoms with Crippen molar-refractivity contribution in [1.29, 1.82) is 0 Å². The number of rotatable bonds is 6. The standard InChI is InChI=1S/C13H19ClFN/c1-3-4-5-6-10(2)16-11-7-8-13(15)12(14)9-11/h7-10,16H,3-6H2,1-2H3. The predicted molar refractivity (Wildman–Crippen MR) is 68.6 cm³/mol. The molecule has 0 aromatic heterocycles. The summed E-state index contributed by atoms with van der Waals surface area (Å²) in [6.45, 7) is 4.32. The van der Waals surface area contributed by atoms with Crippen LogP contribution in [0.25, 0.3) is 0 Å². The third-order valence-electron chi connectivity index (χ3n) is 2.57. The largest absolute Gasteiger partial charge is 0.383 e.